The molecule has 0 saturated carbocycles. The highest BCUT2D eigenvalue weighted by molar-refractivity contribution is 6.33. The molecule has 0 radical (unpaired) electrons. The van der Waals surface area contributed by atoms with E-state index in [1.807, 2.05) is 38.1 Å². The molecule has 142 valence electrons. The molecule has 0 atom stereocenters. The zero-order valence-corrected chi connectivity index (χ0v) is 17.1. The lowest BCUT2D eigenvalue weighted by molar-refractivity contribution is -0.118. The Labute approximate surface area is 165 Å². The maximum absolute atomic E-state index is 12.5. The number of nitrogens with one attached hydrogen (secondary N) is 1. The SMILES string of the molecule is CC(C)(C)CC(C)(C)NC(=O)C(C#N)=Cc1ccc(-c2ccccc2Cl)o1. The van der Waals surface area contributed by atoms with E-state index >= 15 is 0 Å². The van der Waals surface area contributed by atoms with E-state index in [1.165, 1.54) is 6.08 Å². The van der Waals surface area contributed by atoms with Crippen LogP contribution in [0.3, 0.4) is 0 Å². The number of halogens is 1. The van der Waals surface area contributed by atoms with Crippen LogP contribution in [0.4, 0.5) is 0 Å². The van der Waals surface area contributed by atoms with Gasteiger partial charge in [-0.25, -0.2) is 0 Å². The maximum atomic E-state index is 12.5. The Morgan fingerprint density at radius 3 is 2.44 bits per heavy atom. The van der Waals surface area contributed by atoms with Crippen LogP contribution in [0.1, 0.15) is 46.8 Å². The van der Waals surface area contributed by atoms with Gasteiger partial charge < -0.3 is 9.73 Å². The molecule has 0 unspecified atom stereocenters. The monoisotopic (exact) mass is 384 g/mol. The molecule has 0 aliphatic carbocycles. The smallest absolute Gasteiger partial charge is 0.262 e. The number of benzene rings is 1. The number of hydrogen-bond donors (Lipinski definition) is 1. The van der Waals surface area contributed by atoms with Crippen LogP contribution in [0, 0.1) is 16.7 Å². The highest BCUT2D eigenvalue weighted by Gasteiger charge is 2.28. The van der Waals surface area contributed by atoms with E-state index in [9.17, 15) is 10.1 Å². The fraction of sp³-hybridized carbons (Fsp3) is 0.364. The van der Waals surface area contributed by atoms with Crippen LogP contribution >= 0.6 is 11.6 Å². The number of rotatable bonds is 5. The van der Waals surface area contributed by atoms with Crippen molar-refractivity contribution < 1.29 is 9.21 Å². The average molecular weight is 385 g/mol. The third-order valence-electron chi connectivity index (χ3n) is 3.84. The zero-order chi connectivity index (χ0) is 20.2. The lowest BCUT2D eigenvalue weighted by atomic mass is 9.81. The number of hydrogen-bond acceptors (Lipinski definition) is 3. The van der Waals surface area contributed by atoms with Crippen LogP contribution in [-0.2, 0) is 4.79 Å². The number of nitriles is 1. The van der Waals surface area contributed by atoms with Crippen molar-refractivity contribution in [3.63, 3.8) is 0 Å². The Kier molecular flexibility index (Phi) is 6.18. The Morgan fingerprint density at radius 2 is 1.85 bits per heavy atom. The number of carbonyl (C=O) groups is 1. The summed E-state index contributed by atoms with van der Waals surface area (Å²) in [4.78, 5) is 12.5. The van der Waals surface area contributed by atoms with Crippen molar-refractivity contribution in [2.45, 2.75) is 46.6 Å². The Bertz CT molecular complexity index is 896. The highest BCUT2D eigenvalue weighted by atomic mass is 35.5. The largest absolute Gasteiger partial charge is 0.457 e. The van der Waals surface area contributed by atoms with Gasteiger partial charge in [0, 0.05) is 17.2 Å². The standard InChI is InChI=1S/C22H25ClN2O2/c1-21(2,3)14-22(4,5)25-20(26)15(13-24)12-16-10-11-19(27-16)17-8-6-7-9-18(17)23/h6-12H,14H2,1-5H3,(H,25,26). The Hall–Kier alpha value is -2.51. The van der Waals surface area contributed by atoms with Gasteiger partial charge in [-0.2, -0.15) is 5.26 Å². The summed E-state index contributed by atoms with van der Waals surface area (Å²) >= 11 is 6.18. The second-order valence-corrected chi connectivity index (χ2v) is 8.83. The molecule has 0 saturated heterocycles. The van der Waals surface area contributed by atoms with Gasteiger partial charge in [-0.3, -0.25) is 4.79 Å². The molecular weight excluding hydrogens is 360 g/mol. The molecule has 1 N–H and O–H groups in total. The predicted molar refractivity (Wildman–Crippen MR) is 109 cm³/mol. The molecule has 2 rings (SSSR count). The summed E-state index contributed by atoms with van der Waals surface area (Å²) in [5.74, 6) is 0.588. The third kappa shape index (κ3) is 6.01. The minimum Gasteiger partial charge on any atom is -0.457 e. The molecule has 2 aromatic rings. The van der Waals surface area contributed by atoms with Crippen molar-refractivity contribution in [3.8, 4) is 17.4 Å². The summed E-state index contributed by atoms with van der Waals surface area (Å²) in [5.41, 5.74) is 0.375. The highest BCUT2D eigenvalue weighted by Crippen LogP contribution is 2.30. The van der Waals surface area contributed by atoms with E-state index in [2.05, 4.69) is 26.1 Å². The first-order valence-electron chi connectivity index (χ1n) is 8.80. The van der Waals surface area contributed by atoms with E-state index in [-0.39, 0.29) is 11.0 Å². The van der Waals surface area contributed by atoms with Gasteiger partial charge in [0.15, 0.2) is 0 Å². The van der Waals surface area contributed by atoms with Crippen molar-refractivity contribution in [1.29, 1.82) is 5.26 Å². The molecule has 0 bridgehead atoms. The maximum Gasteiger partial charge on any atom is 0.262 e. The summed E-state index contributed by atoms with van der Waals surface area (Å²) in [7, 11) is 0. The third-order valence-corrected chi connectivity index (χ3v) is 4.17. The number of amides is 1. The van der Waals surface area contributed by atoms with Crippen LogP contribution in [0.5, 0.6) is 0 Å². The lowest BCUT2D eigenvalue weighted by Crippen LogP contribution is -2.46. The van der Waals surface area contributed by atoms with Gasteiger partial charge >= 0.3 is 0 Å². The molecule has 0 aliphatic heterocycles. The molecule has 1 heterocycles. The minimum absolute atomic E-state index is 0.00274. The summed E-state index contributed by atoms with van der Waals surface area (Å²) in [6.07, 6.45) is 2.23. The molecule has 0 aliphatic rings. The molecule has 5 heteroatoms. The minimum atomic E-state index is -0.433. The van der Waals surface area contributed by atoms with E-state index in [0.29, 0.717) is 16.5 Å². The Morgan fingerprint density at radius 1 is 1.19 bits per heavy atom. The van der Waals surface area contributed by atoms with E-state index in [0.717, 1.165) is 12.0 Å². The molecule has 1 amide bonds. The van der Waals surface area contributed by atoms with Gasteiger partial charge in [-0.05, 0) is 49.9 Å². The van der Waals surface area contributed by atoms with Crippen LogP contribution in [0.2, 0.25) is 5.02 Å². The van der Waals surface area contributed by atoms with E-state index in [4.69, 9.17) is 16.0 Å². The summed E-state index contributed by atoms with van der Waals surface area (Å²) in [5, 5.41) is 12.9. The van der Waals surface area contributed by atoms with Gasteiger partial charge in [-0.15, -0.1) is 0 Å². The summed E-state index contributed by atoms with van der Waals surface area (Å²) in [6.45, 7) is 10.2. The van der Waals surface area contributed by atoms with Gasteiger partial charge in [0.2, 0.25) is 0 Å². The first kappa shape index (κ1) is 20.8. The van der Waals surface area contributed by atoms with Crippen LogP contribution in [0.25, 0.3) is 17.4 Å². The fourth-order valence-electron chi connectivity index (χ4n) is 3.27. The van der Waals surface area contributed by atoms with E-state index < -0.39 is 11.4 Å². The predicted octanol–water partition coefficient (Wildman–Crippen LogP) is 5.84. The van der Waals surface area contributed by atoms with Gasteiger partial charge in [0.25, 0.3) is 5.91 Å². The molecule has 27 heavy (non-hydrogen) atoms. The van der Waals surface area contributed by atoms with E-state index in [1.54, 1.807) is 18.2 Å². The van der Waals surface area contributed by atoms with Crippen molar-refractivity contribution >= 4 is 23.6 Å². The van der Waals surface area contributed by atoms with Gasteiger partial charge in [0.1, 0.15) is 23.2 Å². The van der Waals surface area contributed by atoms with Gasteiger partial charge in [-0.1, -0.05) is 44.5 Å². The molecular formula is C22H25ClN2O2. The first-order valence-corrected chi connectivity index (χ1v) is 9.18. The number of furan rings is 1. The summed E-state index contributed by atoms with van der Waals surface area (Å²) in [6, 6.07) is 12.8. The second kappa shape index (κ2) is 8.02. The molecule has 1 aromatic heterocycles. The first-order chi connectivity index (χ1) is 12.5. The van der Waals surface area contributed by atoms with Crippen molar-refractivity contribution in [2.24, 2.45) is 5.41 Å². The fourth-order valence-corrected chi connectivity index (χ4v) is 3.50. The molecule has 0 fully saturated rings. The molecule has 4 nitrogen and oxygen atoms in total. The zero-order valence-electron chi connectivity index (χ0n) is 16.4. The van der Waals surface area contributed by atoms with Crippen LogP contribution < -0.4 is 5.32 Å². The average Bonchev–Trinajstić information content (AvgIpc) is 2.98. The molecule has 1 aromatic carbocycles. The quantitative estimate of drug-likeness (QED) is 0.520. The Balaban J connectivity index is 2.20. The van der Waals surface area contributed by atoms with Crippen molar-refractivity contribution in [3.05, 3.63) is 52.8 Å². The molecule has 0 spiro atoms. The topological polar surface area (TPSA) is 66.0 Å². The summed E-state index contributed by atoms with van der Waals surface area (Å²) < 4.78 is 5.75. The number of nitrogens with zero attached hydrogens (tertiary/aromatic N) is 1. The number of carbonyl (C=O) groups excluding carboxylic acids is 1. The lowest BCUT2D eigenvalue weighted by Gasteiger charge is -2.33. The second-order valence-electron chi connectivity index (χ2n) is 8.43. The van der Waals surface area contributed by atoms with Gasteiger partial charge in [0.05, 0.1) is 5.02 Å². The van der Waals surface area contributed by atoms with Crippen LogP contribution in [0.15, 0.2) is 46.4 Å². The van der Waals surface area contributed by atoms with Crippen molar-refractivity contribution in [1.82, 2.24) is 5.32 Å². The van der Waals surface area contributed by atoms with Crippen LogP contribution in [-0.4, -0.2) is 11.4 Å². The normalized spacial score (nSPS) is 12.6. The van der Waals surface area contributed by atoms with Crippen molar-refractivity contribution in [2.75, 3.05) is 0 Å².